The average Bonchev–Trinajstić information content (AvgIpc) is 3.07. The zero-order chi connectivity index (χ0) is 36.9. The molecule has 11 nitrogen and oxygen atoms in total. The first kappa shape index (κ1) is 42.1. The van der Waals surface area contributed by atoms with E-state index in [9.17, 15) is 26.3 Å². The van der Waals surface area contributed by atoms with E-state index < -0.39 is 24.3 Å². The van der Waals surface area contributed by atoms with Gasteiger partial charge >= 0.3 is 12.4 Å². The maximum absolute atomic E-state index is 10.5. The van der Waals surface area contributed by atoms with Crippen LogP contribution in [0.1, 0.15) is 38.5 Å². The van der Waals surface area contributed by atoms with Gasteiger partial charge in [-0.05, 0) is 49.9 Å². The van der Waals surface area contributed by atoms with Gasteiger partial charge in [0.15, 0.2) is 12.4 Å². The van der Waals surface area contributed by atoms with Crippen LogP contribution in [0.15, 0.2) is 60.9 Å². The van der Waals surface area contributed by atoms with Gasteiger partial charge in [0.05, 0.1) is 48.5 Å². The summed E-state index contributed by atoms with van der Waals surface area (Å²) in [4.78, 5) is 17.6. The van der Waals surface area contributed by atoms with Gasteiger partial charge in [0.1, 0.15) is 36.5 Å². The highest BCUT2D eigenvalue weighted by Crippen LogP contribution is 2.27. The number of carboxylic acids is 2. The molecule has 4 N–H and O–H groups in total. The molecule has 4 aromatic rings. The Hall–Kier alpha value is -5.06. The number of hydrogen-bond donors (Lipinski definition) is 2. The Labute approximate surface area is 289 Å². The van der Waals surface area contributed by atoms with Crippen molar-refractivity contribution in [1.29, 1.82) is 0 Å². The number of aryl methyl sites for hydroxylation is 2. The van der Waals surface area contributed by atoms with Crippen LogP contribution < -0.4 is 39.5 Å². The SMILES string of the molecule is COc1ccc2c3cc[n+](c2c1)CCCCC[n+]1ccc(c2ccc(OC)cc21)NCCCCCN3.O.O=C([O-])C(F)(F)F.O=C([O-])C(F)(F)F. The third-order valence-corrected chi connectivity index (χ3v) is 7.70. The zero-order valence-electron chi connectivity index (χ0n) is 28.0. The third-order valence-electron chi connectivity index (χ3n) is 7.70. The molecule has 51 heavy (non-hydrogen) atoms. The molecule has 6 rings (SSSR count). The van der Waals surface area contributed by atoms with E-state index in [2.05, 4.69) is 80.7 Å². The fraction of sp³-hybridized carbons (Fsp3) is 0.412. The minimum absolute atomic E-state index is 0. The Kier molecular flexibility index (Phi) is 16.0. The maximum Gasteiger partial charge on any atom is 0.430 e. The van der Waals surface area contributed by atoms with Gasteiger partial charge < -0.3 is 45.4 Å². The minimum Gasteiger partial charge on any atom is -0.542 e. The van der Waals surface area contributed by atoms with Gasteiger partial charge in [0, 0.05) is 38.1 Å². The Bertz CT molecular complexity index is 1630. The number of halogens is 6. The summed E-state index contributed by atoms with van der Waals surface area (Å²) in [6.07, 6.45) is 0.936. The molecule has 0 atom stereocenters. The van der Waals surface area contributed by atoms with E-state index in [0.29, 0.717) is 0 Å². The van der Waals surface area contributed by atoms with Crippen molar-refractivity contribution in [2.75, 3.05) is 37.9 Å². The lowest BCUT2D eigenvalue weighted by atomic mass is 10.1. The van der Waals surface area contributed by atoms with E-state index in [1.807, 2.05) is 0 Å². The predicted octanol–water partition coefficient (Wildman–Crippen LogP) is 3.24. The highest BCUT2D eigenvalue weighted by atomic mass is 19.4. The molecule has 0 saturated carbocycles. The largest absolute Gasteiger partial charge is 0.542 e. The maximum atomic E-state index is 10.5. The van der Waals surface area contributed by atoms with Crippen molar-refractivity contribution in [2.24, 2.45) is 0 Å². The second kappa shape index (κ2) is 19.4. The van der Waals surface area contributed by atoms with Gasteiger partial charge in [-0.15, -0.1) is 0 Å². The number of nitrogens with zero attached hydrogens (tertiary/aromatic N) is 2. The lowest BCUT2D eigenvalue weighted by molar-refractivity contribution is -0.675. The fourth-order valence-corrected chi connectivity index (χ4v) is 5.19. The first-order chi connectivity index (χ1) is 23.6. The summed E-state index contributed by atoms with van der Waals surface area (Å²) in [6.45, 7) is 3.93. The van der Waals surface area contributed by atoms with E-state index in [1.165, 1.54) is 39.6 Å². The van der Waals surface area contributed by atoms with E-state index >= 15 is 0 Å². The van der Waals surface area contributed by atoms with Crippen molar-refractivity contribution in [3.8, 4) is 11.5 Å². The van der Waals surface area contributed by atoms with Crippen molar-refractivity contribution in [2.45, 2.75) is 64.0 Å². The molecule has 0 saturated heterocycles. The summed E-state index contributed by atoms with van der Waals surface area (Å²) in [5.74, 6) is -4.21. The van der Waals surface area contributed by atoms with E-state index in [4.69, 9.17) is 29.3 Å². The lowest BCUT2D eigenvalue weighted by Gasteiger charge is -2.12. The molecule has 0 amide bonds. The van der Waals surface area contributed by atoms with Crippen LogP contribution in [0, 0.1) is 0 Å². The molecule has 2 aliphatic rings. The molecule has 0 radical (unpaired) electrons. The molecule has 2 aromatic carbocycles. The van der Waals surface area contributed by atoms with Crippen LogP contribution in [0.5, 0.6) is 11.5 Å². The molecule has 0 unspecified atom stereocenters. The first-order valence-electron chi connectivity index (χ1n) is 15.7. The molecule has 4 heterocycles. The normalized spacial score (nSPS) is 14.0. The van der Waals surface area contributed by atoms with Crippen LogP contribution in [-0.2, 0) is 22.7 Å². The van der Waals surface area contributed by atoms with E-state index in [-0.39, 0.29) is 5.48 Å². The summed E-state index contributed by atoms with van der Waals surface area (Å²) < 4.78 is 78.9. The summed E-state index contributed by atoms with van der Waals surface area (Å²) in [6, 6.07) is 17.3. The van der Waals surface area contributed by atoms with Crippen molar-refractivity contribution in [3.63, 3.8) is 0 Å². The number of carbonyl (C=O) groups is 2. The minimum atomic E-state index is -5.19. The summed E-state index contributed by atoms with van der Waals surface area (Å²) in [7, 11) is 3.47. The van der Waals surface area contributed by atoms with Crippen LogP contribution >= 0.6 is 0 Å². The van der Waals surface area contributed by atoms with Crippen molar-refractivity contribution in [1.82, 2.24) is 0 Å². The third kappa shape index (κ3) is 12.6. The van der Waals surface area contributed by atoms with Crippen molar-refractivity contribution >= 4 is 45.1 Å². The van der Waals surface area contributed by atoms with Crippen LogP contribution in [0.3, 0.4) is 0 Å². The lowest BCUT2D eigenvalue weighted by Crippen LogP contribution is -2.37. The van der Waals surface area contributed by atoms with Gasteiger partial charge in [-0.2, -0.15) is 35.5 Å². The van der Waals surface area contributed by atoms with Gasteiger partial charge in [-0.1, -0.05) is 0 Å². The first-order valence-corrected chi connectivity index (χ1v) is 15.7. The molecule has 4 bridgehead atoms. The monoisotopic (exact) mass is 730 g/mol. The standard InChI is InChI=1S/C30H36N4O2.2C2HF3O2.H2O/c1-35-23-9-11-25-27-13-19-33(29(25)21-23)17-7-4-8-18-34-20-14-28(32-16-6-3-5-15-31-27)26-12-10-24(36-2)22-30(26)34;2*3-2(4,5)1(6)7;/h9-14,19-22H,3-8,15-18H2,1-2H3;2*(H,6,7);1H2. The number of benzene rings is 2. The number of aromatic nitrogens is 2. The quantitative estimate of drug-likeness (QED) is 0.235. The molecule has 2 aromatic heterocycles. The highest BCUT2D eigenvalue weighted by Gasteiger charge is 2.29. The van der Waals surface area contributed by atoms with Crippen LogP contribution in [0.25, 0.3) is 21.8 Å². The predicted molar refractivity (Wildman–Crippen MR) is 172 cm³/mol. The Morgan fingerprint density at radius 1 is 0.627 bits per heavy atom. The van der Waals surface area contributed by atoms with Crippen LogP contribution in [-0.4, -0.2) is 57.1 Å². The van der Waals surface area contributed by atoms with Gasteiger partial charge in [-0.25, -0.2) is 0 Å². The van der Waals surface area contributed by atoms with Gasteiger partial charge in [0.2, 0.25) is 11.0 Å². The molecule has 280 valence electrons. The number of fused-ring (bicyclic) bond motifs is 12. The van der Waals surface area contributed by atoms with Crippen LogP contribution in [0.4, 0.5) is 37.7 Å². The number of ether oxygens (including phenoxy) is 2. The molecule has 2 aliphatic heterocycles. The number of pyridine rings is 2. The molecular formula is C34H40F6N4O7. The Balaban J connectivity index is 0.000000509. The van der Waals surface area contributed by atoms with E-state index in [1.54, 1.807) is 14.2 Å². The summed E-state index contributed by atoms with van der Waals surface area (Å²) in [5.41, 5.74) is 4.85. The van der Waals surface area contributed by atoms with Crippen molar-refractivity contribution in [3.05, 3.63) is 60.9 Å². The van der Waals surface area contributed by atoms with Gasteiger partial charge in [-0.3, -0.25) is 0 Å². The van der Waals surface area contributed by atoms with E-state index in [0.717, 1.165) is 69.8 Å². The molecule has 0 aliphatic carbocycles. The number of rotatable bonds is 2. The van der Waals surface area contributed by atoms with Crippen LogP contribution in [0.2, 0.25) is 0 Å². The van der Waals surface area contributed by atoms with Gasteiger partial charge in [0.25, 0.3) is 0 Å². The molecule has 0 spiro atoms. The number of alkyl halides is 6. The number of hydrogen-bond acceptors (Lipinski definition) is 8. The number of nitrogens with one attached hydrogen (secondary N) is 2. The Morgan fingerprint density at radius 2 is 0.980 bits per heavy atom. The highest BCUT2D eigenvalue weighted by molar-refractivity contribution is 5.90. The molecule has 17 heteroatoms. The number of anilines is 2. The topological polar surface area (TPSA) is 162 Å². The molecule has 0 fully saturated rings. The summed E-state index contributed by atoms with van der Waals surface area (Å²) in [5, 5.41) is 27.4. The smallest absolute Gasteiger partial charge is 0.430 e. The summed E-state index contributed by atoms with van der Waals surface area (Å²) >= 11 is 0. The number of aliphatic carboxylic acids is 2. The number of methoxy groups -OCH3 is 2. The average molecular weight is 731 g/mol. The molecular weight excluding hydrogens is 690 g/mol. The fourth-order valence-electron chi connectivity index (χ4n) is 5.19. The second-order valence-corrected chi connectivity index (χ2v) is 11.2. The second-order valence-electron chi connectivity index (χ2n) is 11.2. The van der Waals surface area contributed by atoms with Crippen molar-refractivity contribution < 1.29 is 70.2 Å². The Morgan fingerprint density at radius 3 is 1.31 bits per heavy atom. The number of carbonyl (C=O) groups excluding carboxylic acids is 2. The zero-order valence-corrected chi connectivity index (χ0v) is 28.0. The number of carboxylic acid groups (broad SMARTS) is 2.